The van der Waals surface area contributed by atoms with Gasteiger partial charge in [-0.2, -0.15) is 0 Å². The molecule has 0 aliphatic rings. The summed E-state index contributed by atoms with van der Waals surface area (Å²) >= 11 is 3.16. The first-order valence-corrected chi connectivity index (χ1v) is 10.8. The molecule has 0 fully saturated rings. The van der Waals surface area contributed by atoms with Crippen LogP contribution in [0.3, 0.4) is 0 Å². The minimum Gasteiger partial charge on any atom is -0.439 e. The summed E-state index contributed by atoms with van der Waals surface area (Å²) in [5, 5.41) is 4.91. The lowest BCUT2D eigenvalue weighted by atomic mass is 10.2. The van der Waals surface area contributed by atoms with E-state index >= 15 is 0 Å². The average Bonchev–Trinajstić information content (AvgIpc) is 3.28. The fraction of sp³-hybridized carbons (Fsp3) is 0.0455. The van der Waals surface area contributed by atoms with E-state index in [1.54, 1.807) is 41.4 Å². The van der Waals surface area contributed by atoms with E-state index in [-0.39, 0.29) is 5.91 Å². The quantitative estimate of drug-likeness (QED) is 0.379. The fourth-order valence-electron chi connectivity index (χ4n) is 2.56. The van der Waals surface area contributed by atoms with Crippen molar-refractivity contribution >= 4 is 34.7 Å². The van der Waals surface area contributed by atoms with E-state index in [1.807, 2.05) is 65.5 Å². The number of thiazole rings is 1. The molecule has 0 bridgehead atoms. The van der Waals surface area contributed by atoms with Crippen LogP contribution in [0.2, 0.25) is 0 Å². The number of nitrogens with zero attached hydrogens (tertiary/aromatic N) is 2. The van der Waals surface area contributed by atoms with Gasteiger partial charge in [-0.3, -0.25) is 4.79 Å². The summed E-state index contributed by atoms with van der Waals surface area (Å²) in [6.07, 6.45) is 1.58. The summed E-state index contributed by atoms with van der Waals surface area (Å²) in [5.41, 5.74) is 4.05. The van der Waals surface area contributed by atoms with E-state index in [1.165, 1.54) is 0 Å². The van der Waals surface area contributed by atoms with Crippen LogP contribution in [0.25, 0.3) is 0 Å². The summed E-state index contributed by atoms with van der Waals surface area (Å²) in [5.74, 6) is 1.72. The number of carbonyl (C=O) groups excluding carboxylic acids is 1. The van der Waals surface area contributed by atoms with Gasteiger partial charge >= 0.3 is 0 Å². The molecule has 2 aromatic carbocycles. The highest BCUT2D eigenvalue weighted by atomic mass is 32.2. The molecule has 0 saturated carbocycles. The Morgan fingerprint density at radius 3 is 2.59 bits per heavy atom. The SMILES string of the molecule is O=C(Nc1ccc(Oc2ccccc2)nc1)c1ccccc1SCc1cscn1. The second kappa shape index (κ2) is 9.36. The highest BCUT2D eigenvalue weighted by Gasteiger charge is 2.12. The van der Waals surface area contributed by atoms with Gasteiger partial charge in [0.05, 0.1) is 28.7 Å². The number of hydrogen-bond acceptors (Lipinski definition) is 6. The predicted octanol–water partition coefficient (Wildman–Crippen LogP) is 5.88. The number of rotatable bonds is 7. The number of aromatic nitrogens is 2. The maximum atomic E-state index is 12.8. The second-order valence-corrected chi connectivity index (χ2v) is 7.75. The van der Waals surface area contributed by atoms with Crippen molar-refractivity contribution in [3.8, 4) is 11.6 Å². The standard InChI is InChI=1S/C22H17N3O2S2/c26-22(19-8-4-5-9-20(19)29-14-17-13-28-15-24-17)25-16-10-11-21(23-12-16)27-18-6-2-1-3-7-18/h1-13,15H,14H2,(H,25,26). The first-order valence-electron chi connectivity index (χ1n) is 8.87. The van der Waals surface area contributed by atoms with Crippen LogP contribution in [-0.2, 0) is 5.75 Å². The smallest absolute Gasteiger partial charge is 0.256 e. The van der Waals surface area contributed by atoms with Crippen LogP contribution in [0, 0.1) is 0 Å². The Kier molecular flexibility index (Phi) is 6.19. The van der Waals surface area contributed by atoms with Gasteiger partial charge in [-0.15, -0.1) is 23.1 Å². The molecular formula is C22H17N3O2S2. The van der Waals surface area contributed by atoms with Gasteiger partial charge in [0.15, 0.2) is 0 Å². The van der Waals surface area contributed by atoms with E-state index in [0.717, 1.165) is 16.3 Å². The number of thioether (sulfide) groups is 1. The Morgan fingerprint density at radius 2 is 1.83 bits per heavy atom. The molecule has 0 atom stereocenters. The number of hydrogen-bond donors (Lipinski definition) is 1. The summed E-state index contributed by atoms with van der Waals surface area (Å²) < 4.78 is 5.68. The van der Waals surface area contributed by atoms with Crippen molar-refractivity contribution in [2.24, 2.45) is 0 Å². The van der Waals surface area contributed by atoms with Crippen molar-refractivity contribution in [1.29, 1.82) is 0 Å². The summed E-state index contributed by atoms with van der Waals surface area (Å²) in [4.78, 5) is 22.2. The molecule has 0 radical (unpaired) electrons. The van der Waals surface area contributed by atoms with E-state index in [2.05, 4.69) is 15.3 Å². The van der Waals surface area contributed by atoms with Crippen LogP contribution in [0.5, 0.6) is 11.6 Å². The van der Waals surface area contributed by atoms with E-state index in [0.29, 0.717) is 22.9 Å². The van der Waals surface area contributed by atoms with Crippen molar-refractivity contribution < 1.29 is 9.53 Å². The van der Waals surface area contributed by atoms with Gasteiger partial charge in [0.2, 0.25) is 5.88 Å². The van der Waals surface area contributed by atoms with Crippen molar-refractivity contribution in [2.75, 3.05) is 5.32 Å². The monoisotopic (exact) mass is 419 g/mol. The fourth-order valence-corrected chi connectivity index (χ4v) is 4.18. The Bertz CT molecular complexity index is 1070. The maximum Gasteiger partial charge on any atom is 0.256 e. The number of para-hydroxylation sites is 1. The molecule has 1 N–H and O–H groups in total. The second-order valence-electron chi connectivity index (χ2n) is 6.02. The lowest BCUT2D eigenvalue weighted by Crippen LogP contribution is -2.13. The molecule has 7 heteroatoms. The molecule has 0 aliphatic heterocycles. The van der Waals surface area contributed by atoms with Crippen LogP contribution in [0.4, 0.5) is 5.69 Å². The largest absolute Gasteiger partial charge is 0.439 e. The van der Waals surface area contributed by atoms with Crippen molar-refractivity contribution in [3.63, 3.8) is 0 Å². The first kappa shape index (κ1) is 19.2. The topological polar surface area (TPSA) is 64.1 Å². The molecule has 29 heavy (non-hydrogen) atoms. The number of ether oxygens (including phenoxy) is 1. The molecule has 1 amide bonds. The molecule has 5 nitrogen and oxygen atoms in total. The van der Waals surface area contributed by atoms with Crippen LogP contribution in [0.1, 0.15) is 16.1 Å². The van der Waals surface area contributed by atoms with Crippen molar-refractivity contribution in [1.82, 2.24) is 9.97 Å². The maximum absolute atomic E-state index is 12.8. The van der Waals surface area contributed by atoms with Gasteiger partial charge in [-0.1, -0.05) is 30.3 Å². The van der Waals surface area contributed by atoms with Gasteiger partial charge in [0.25, 0.3) is 5.91 Å². The molecular weight excluding hydrogens is 402 g/mol. The molecule has 4 rings (SSSR count). The summed E-state index contributed by atoms with van der Waals surface area (Å²) in [6.45, 7) is 0. The molecule has 0 saturated heterocycles. The highest BCUT2D eigenvalue weighted by Crippen LogP contribution is 2.27. The third kappa shape index (κ3) is 5.22. The Morgan fingerprint density at radius 1 is 1.00 bits per heavy atom. The zero-order valence-corrected chi connectivity index (χ0v) is 17.0. The number of amides is 1. The van der Waals surface area contributed by atoms with E-state index in [4.69, 9.17) is 4.74 Å². The molecule has 0 aliphatic carbocycles. The van der Waals surface area contributed by atoms with Crippen LogP contribution < -0.4 is 10.1 Å². The lowest BCUT2D eigenvalue weighted by Gasteiger charge is -2.10. The lowest BCUT2D eigenvalue weighted by molar-refractivity contribution is 0.102. The third-order valence-electron chi connectivity index (χ3n) is 3.95. The minimum absolute atomic E-state index is 0.176. The number of nitrogens with one attached hydrogen (secondary N) is 1. The highest BCUT2D eigenvalue weighted by molar-refractivity contribution is 7.98. The number of pyridine rings is 1. The van der Waals surface area contributed by atoms with Crippen LogP contribution in [0.15, 0.2) is 88.7 Å². The first-order chi connectivity index (χ1) is 14.3. The third-order valence-corrected chi connectivity index (χ3v) is 5.69. The Labute approximate surface area is 176 Å². The number of carbonyl (C=O) groups is 1. The van der Waals surface area contributed by atoms with Gasteiger partial charge < -0.3 is 10.1 Å². The van der Waals surface area contributed by atoms with Crippen LogP contribution in [-0.4, -0.2) is 15.9 Å². The minimum atomic E-state index is -0.176. The van der Waals surface area contributed by atoms with Crippen molar-refractivity contribution in [3.05, 3.63) is 95.1 Å². The van der Waals surface area contributed by atoms with Gasteiger partial charge in [0.1, 0.15) is 5.75 Å². The zero-order valence-electron chi connectivity index (χ0n) is 15.3. The van der Waals surface area contributed by atoms with E-state index < -0.39 is 0 Å². The molecule has 4 aromatic rings. The average molecular weight is 420 g/mol. The Hall–Kier alpha value is -3.16. The van der Waals surface area contributed by atoms with Gasteiger partial charge in [-0.25, -0.2) is 9.97 Å². The Balaban J connectivity index is 1.41. The van der Waals surface area contributed by atoms with Crippen LogP contribution >= 0.6 is 23.1 Å². The van der Waals surface area contributed by atoms with E-state index in [9.17, 15) is 4.79 Å². The van der Waals surface area contributed by atoms with Gasteiger partial charge in [-0.05, 0) is 30.3 Å². The molecule has 2 heterocycles. The molecule has 0 unspecified atom stereocenters. The normalized spacial score (nSPS) is 10.5. The summed E-state index contributed by atoms with van der Waals surface area (Å²) in [6, 6.07) is 20.5. The van der Waals surface area contributed by atoms with Crippen molar-refractivity contribution in [2.45, 2.75) is 10.6 Å². The zero-order chi connectivity index (χ0) is 19.9. The number of benzene rings is 2. The number of anilines is 1. The van der Waals surface area contributed by atoms with Gasteiger partial charge in [0, 0.05) is 22.1 Å². The molecule has 2 aromatic heterocycles. The molecule has 0 spiro atoms. The summed E-state index contributed by atoms with van der Waals surface area (Å²) in [7, 11) is 0. The predicted molar refractivity (Wildman–Crippen MR) is 117 cm³/mol. The molecule has 144 valence electrons.